The van der Waals surface area contributed by atoms with E-state index in [0.717, 1.165) is 36.8 Å². The van der Waals surface area contributed by atoms with E-state index in [1.807, 2.05) is 6.07 Å². The van der Waals surface area contributed by atoms with Crippen molar-refractivity contribution in [1.82, 2.24) is 15.0 Å². The molecule has 2 unspecified atom stereocenters. The maximum absolute atomic E-state index is 14.6. The second kappa shape index (κ2) is 9.74. The Bertz CT molecular complexity index is 947. The van der Waals surface area contributed by atoms with Crippen molar-refractivity contribution in [2.24, 2.45) is 5.92 Å². The van der Waals surface area contributed by atoms with Gasteiger partial charge in [-0.2, -0.15) is 0 Å². The number of carbonyl (C=O) groups excluding carboxylic acids is 1. The van der Waals surface area contributed by atoms with Crippen LogP contribution in [-0.2, 0) is 14.3 Å². The third-order valence-electron chi connectivity index (χ3n) is 5.73. The van der Waals surface area contributed by atoms with Gasteiger partial charge in [0.1, 0.15) is 18.2 Å². The quantitative estimate of drug-likeness (QED) is 0.490. The number of halogens is 2. The molecule has 8 nitrogen and oxygen atoms in total. The fourth-order valence-corrected chi connectivity index (χ4v) is 4.32. The standard InChI is InChI=1S/C21H25ClFN5O3/c1-30-6-7-31-21(29)13-4-2-3-5-17(13)27-20-16(23)11-26-19(28-20)15-10-25-18-14(15)8-12(22)9-24-18/h8-9,11,13,15,17H,2-7,10H2,1H3,(H,24,25)(H,26,27,28)/t13?,15?,17-/m0/s1. The molecule has 10 heteroatoms. The Kier molecular flexibility index (Phi) is 6.82. The number of fused-ring (bicyclic) bond motifs is 1. The van der Waals surface area contributed by atoms with Crippen LogP contribution in [0, 0.1) is 11.7 Å². The molecule has 166 valence electrons. The van der Waals surface area contributed by atoms with Crippen LogP contribution in [0.3, 0.4) is 0 Å². The number of nitrogens with one attached hydrogen (secondary N) is 2. The van der Waals surface area contributed by atoms with E-state index < -0.39 is 5.82 Å². The molecule has 3 heterocycles. The molecule has 1 saturated carbocycles. The van der Waals surface area contributed by atoms with Crippen LogP contribution in [0.1, 0.15) is 43.0 Å². The summed E-state index contributed by atoms with van der Waals surface area (Å²) in [7, 11) is 1.55. The number of hydrogen-bond donors (Lipinski definition) is 2. The number of methoxy groups -OCH3 is 1. The molecule has 1 aliphatic heterocycles. The van der Waals surface area contributed by atoms with Crippen LogP contribution in [0.15, 0.2) is 18.5 Å². The summed E-state index contributed by atoms with van der Waals surface area (Å²) in [6, 6.07) is 1.56. The number of ether oxygens (including phenoxy) is 2. The largest absolute Gasteiger partial charge is 0.463 e. The molecule has 1 fully saturated rings. The molecule has 31 heavy (non-hydrogen) atoms. The Hall–Kier alpha value is -2.52. The summed E-state index contributed by atoms with van der Waals surface area (Å²) in [6.45, 7) is 1.09. The summed E-state index contributed by atoms with van der Waals surface area (Å²) >= 11 is 6.10. The molecule has 2 aromatic heterocycles. The van der Waals surface area contributed by atoms with Crippen LogP contribution in [-0.4, -0.2) is 53.8 Å². The lowest BCUT2D eigenvalue weighted by molar-refractivity contribution is -0.151. The number of hydrogen-bond acceptors (Lipinski definition) is 8. The van der Waals surface area contributed by atoms with Crippen molar-refractivity contribution in [3.8, 4) is 0 Å². The molecule has 1 aliphatic carbocycles. The third kappa shape index (κ3) is 4.88. The summed E-state index contributed by atoms with van der Waals surface area (Å²) < 4.78 is 24.8. The van der Waals surface area contributed by atoms with E-state index in [1.54, 1.807) is 13.3 Å². The zero-order valence-corrected chi connectivity index (χ0v) is 18.0. The molecule has 0 radical (unpaired) electrons. The SMILES string of the molecule is COCCOC(=O)C1CCCC[C@@H]1Nc1nc(C2CNc3ncc(Cl)cc32)ncc1F. The summed E-state index contributed by atoms with van der Waals surface area (Å²) in [5.41, 5.74) is 0.877. The van der Waals surface area contributed by atoms with E-state index in [4.69, 9.17) is 21.1 Å². The fourth-order valence-electron chi connectivity index (χ4n) is 4.15. The molecule has 2 aliphatic rings. The molecule has 0 amide bonds. The minimum Gasteiger partial charge on any atom is -0.463 e. The fraction of sp³-hybridized carbons (Fsp3) is 0.524. The topological polar surface area (TPSA) is 98.3 Å². The number of rotatable bonds is 7. The minimum absolute atomic E-state index is 0.0926. The molecule has 0 saturated heterocycles. The van der Waals surface area contributed by atoms with Crippen molar-refractivity contribution in [2.75, 3.05) is 37.5 Å². The number of esters is 1. The molecule has 0 bridgehead atoms. The number of anilines is 2. The van der Waals surface area contributed by atoms with Crippen molar-refractivity contribution in [3.63, 3.8) is 0 Å². The van der Waals surface area contributed by atoms with Gasteiger partial charge in [-0.3, -0.25) is 4.79 Å². The van der Waals surface area contributed by atoms with Crippen molar-refractivity contribution in [2.45, 2.75) is 37.6 Å². The summed E-state index contributed by atoms with van der Waals surface area (Å²) in [4.78, 5) is 25.5. The normalized spacial score (nSPS) is 22.5. The van der Waals surface area contributed by atoms with E-state index in [0.29, 0.717) is 30.4 Å². The zero-order chi connectivity index (χ0) is 21.8. The Morgan fingerprint density at radius 1 is 1.29 bits per heavy atom. The monoisotopic (exact) mass is 449 g/mol. The van der Waals surface area contributed by atoms with Gasteiger partial charge in [0.2, 0.25) is 0 Å². The lowest BCUT2D eigenvalue weighted by Gasteiger charge is -2.31. The second-order valence-electron chi connectivity index (χ2n) is 7.75. The second-order valence-corrected chi connectivity index (χ2v) is 8.19. The summed E-state index contributed by atoms with van der Waals surface area (Å²) in [5.74, 6) is -0.120. The Morgan fingerprint density at radius 3 is 2.97 bits per heavy atom. The maximum atomic E-state index is 14.6. The molecule has 4 rings (SSSR count). The van der Waals surface area contributed by atoms with Crippen LogP contribution < -0.4 is 10.6 Å². The predicted molar refractivity (Wildman–Crippen MR) is 114 cm³/mol. The Morgan fingerprint density at radius 2 is 2.13 bits per heavy atom. The minimum atomic E-state index is -0.559. The molecular formula is C21H25ClFN5O3. The lowest BCUT2D eigenvalue weighted by atomic mass is 9.84. The summed E-state index contributed by atoms with van der Waals surface area (Å²) in [6.07, 6.45) is 6.03. The van der Waals surface area contributed by atoms with Crippen LogP contribution in [0.4, 0.5) is 16.0 Å². The van der Waals surface area contributed by atoms with Crippen molar-refractivity contribution < 1.29 is 18.7 Å². The first-order valence-electron chi connectivity index (χ1n) is 10.4. The predicted octanol–water partition coefficient (Wildman–Crippen LogP) is 3.38. The van der Waals surface area contributed by atoms with Gasteiger partial charge in [0.25, 0.3) is 0 Å². The molecule has 0 spiro atoms. The highest BCUT2D eigenvalue weighted by Crippen LogP contribution is 2.35. The average molecular weight is 450 g/mol. The molecule has 3 atom stereocenters. The smallest absolute Gasteiger partial charge is 0.311 e. The lowest BCUT2D eigenvalue weighted by Crippen LogP contribution is -2.39. The van der Waals surface area contributed by atoms with E-state index >= 15 is 0 Å². The molecule has 0 aromatic carbocycles. The van der Waals surface area contributed by atoms with Crippen LogP contribution in [0.25, 0.3) is 0 Å². The van der Waals surface area contributed by atoms with Crippen LogP contribution in [0.2, 0.25) is 5.02 Å². The summed E-state index contributed by atoms with van der Waals surface area (Å²) in [5, 5.41) is 6.87. The van der Waals surface area contributed by atoms with Gasteiger partial charge in [-0.15, -0.1) is 0 Å². The first-order valence-corrected chi connectivity index (χ1v) is 10.8. The number of aromatic nitrogens is 3. The first kappa shape index (κ1) is 21.7. The average Bonchev–Trinajstić information content (AvgIpc) is 3.19. The van der Waals surface area contributed by atoms with E-state index in [2.05, 4.69) is 25.6 Å². The maximum Gasteiger partial charge on any atom is 0.311 e. The molecule has 2 aromatic rings. The van der Waals surface area contributed by atoms with Gasteiger partial charge in [-0.05, 0) is 18.9 Å². The van der Waals surface area contributed by atoms with Crippen molar-refractivity contribution >= 4 is 29.2 Å². The van der Waals surface area contributed by atoms with Crippen molar-refractivity contribution in [3.05, 3.63) is 40.7 Å². The Balaban J connectivity index is 1.52. The molecular weight excluding hydrogens is 425 g/mol. The van der Waals surface area contributed by atoms with E-state index in [1.165, 1.54) is 0 Å². The van der Waals surface area contributed by atoms with E-state index in [9.17, 15) is 9.18 Å². The van der Waals surface area contributed by atoms with Gasteiger partial charge in [-0.1, -0.05) is 24.4 Å². The zero-order valence-electron chi connectivity index (χ0n) is 17.2. The van der Waals surface area contributed by atoms with Gasteiger partial charge >= 0.3 is 5.97 Å². The highest BCUT2D eigenvalue weighted by Gasteiger charge is 2.34. The molecule has 2 N–H and O–H groups in total. The van der Waals surface area contributed by atoms with Gasteiger partial charge in [0.05, 0.1) is 29.7 Å². The first-order chi connectivity index (χ1) is 15.1. The van der Waals surface area contributed by atoms with E-state index in [-0.39, 0.29) is 36.3 Å². The van der Waals surface area contributed by atoms with Crippen LogP contribution in [0.5, 0.6) is 0 Å². The number of nitrogens with zero attached hydrogens (tertiary/aromatic N) is 3. The van der Waals surface area contributed by atoms with Crippen molar-refractivity contribution in [1.29, 1.82) is 0 Å². The van der Waals surface area contributed by atoms with Crippen LogP contribution >= 0.6 is 11.6 Å². The Labute approximate surface area is 184 Å². The van der Waals surface area contributed by atoms with Gasteiger partial charge < -0.3 is 20.1 Å². The highest BCUT2D eigenvalue weighted by atomic mass is 35.5. The highest BCUT2D eigenvalue weighted by molar-refractivity contribution is 6.30. The number of pyridine rings is 1. The van der Waals surface area contributed by atoms with Gasteiger partial charge in [-0.25, -0.2) is 19.3 Å². The number of carbonyl (C=O) groups is 1. The van der Waals surface area contributed by atoms with Gasteiger partial charge in [0, 0.05) is 31.5 Å². The third-order valence-corrected chi connectivity index (χ3v) is 5.94. The van der Waals surface area contributed by atoms with Gasteiger partial charge in [0.15, 0.2) is 11.6 Å².